The number of aromatic nitrogens is 3. The van der Waals surface area contributed by atoms with Crippen molar-refractivity contribution in [2.45, 2.75) is 19.9 Å². The maximum absolute atomic E-state index is 5.77. The highest BCUT2D eigenvalue weighted by molar-refractivity contribution is 5.91. The fraction of sp³-hybridized carbons (Fsp3) is 0.273. The second kappa shape index (κ2) is 7.16. The van der Waals surface area contributed by atoms with Gasteiger partial charge in [-0.25, -0.2) is 9.97 Å². The Labute approximate surface area is 168 Å². The molecule has 1 aromatic carbocycles. The maximum atomic E-state index is 5.77. The van der Waals surface area contributed by atoms with Crippen molar-refractivity contribution in [2.24, 2.45) is 5.92 Å². The molecular formula is C22H22N4O3. The summed E-state index contributed by atoms with van der Waals surface area (Å²) in [5, 5.41) is 4.52. The van der Waals surface area contributed by atoms with E-state index in [1.165, 1.54) is 0 Å². The smallest absolute Gasteiger partial charge is 0.161 e. The largest absolute Gasteiger partial charge is 0.486 e. The van der Waals surface area contributed by atoms with Gasteiger partial charge in [0.2, 0.25) is 0 Å². The first-order valence-corrected chi connectivity index (χ1v) is 9.73. The number of hydrogen-bond donors (Lipinski definition) is 2. The van der Waals surface area contributed by atoms with Crippen LogP contribution >= 0.6 is 0 Å². The monoisotopic (exact) mass is 390 g/mol. The molecule has 7 heteroatoms. The minimum absolute atomic E-state index is 0.0471. The van der Waals surface area contributed by atoms with Crippen molar-refractivity contribution >= 4 is 16.9 Å². The normalized spacial score (nSPS) is 14.3. The molecule has 0 saturated heterocycles. The number of nitrogens with one attached hydrogen (secondary N) is 2. The van der Waals surface area contributed by atoms with Gasteiger partial charge in [0, 0.05) is 0 Å². The predicted octanol–water partition coefficient (Wildman–Crippen LogP) is 4.80. The summed E-state index contributed by atoms with van der Waals surface area (Å²) in [7, 11) is 0. The Kier molecular flexibility index (Phi) is 4.35. The van der Waals surface area contributed by atoms with Gasteiger partial charge in [-0.3, -0.25) is 0 Å². The third kappa shape index (κ3) is 3.29. The van der Waals surface area contributed by atoms with E-state index < -0.39 is 0 Å². The number of furan rings is 1. The molecule has 0 aliphatic carbocycles. The zero-order chi connectivity index (χ0) is 19.8. The van der Waals surface area contributed by atoms with Crippen LogP contribution in [0.25, 0.3) is 22.5 Å². The first-order chi connectivity index (χ1) is 14.2. The summed E-state index contributed by atoms with van der Waals surface area (Å²) < 4.78 is 16.9. The number of benzene rings is 1. The molecule has 3 aromatic heterocycles. The van der Waals surface area contributed by atoms with Gasteiger partial charge in [0.1, 0.15) is 36.8 Å². The first kappa shape index (κ1) is 17.6. The van der Waals surface area contributed by atoms with E-state index in [1.54, 1.807) is 12.6 Å². The Morgan fingerprint density at radius 2 is 1.90 bits per heavy atom. The number of ether oxygens (including phenoxy) is 2. The lowest BCUT2D eigenvalue weighted by Gasteiger charge is -2.26. The summed E-state index contributed by atoms with van der Waals surface area (Å²) in [6, 6.07) is 11.9. The molecule has 0 saturated carbocycles. The first-order valence-electron chi connectivity index (χ1n) is 9.73. The molecule has 29 heavy (non-hydrogen) atoms. The molecule has 7 nitrogen and oxygen atoms in total. The molecule has 0 spiro atoms. The van der Waals surface area contributed by atoms with E-state index >= 15 is 0 Å². The number of H-pyrrole nitrogens is 1. The Bertz CT molecular complexity index is 1130. The zero-order valence-electron chi connectivity index (χ0n) is 16.3. The predicted molar refractivity (Wildman–Crippen MR) is 110 cm³/mol. The molecule has 148 valence electrons. The molecule has 1 aliphatic heterocycles. The molecule has 0 radical (unpaired) electrons. The van der Waals surface area contributed by atoms with Gasteiger partial charge >= 0.3 is 0 Å². The second-order valence-electron chi connectivity index (χ2n) is 7.41. The Balaban J connectivity index is 1.51. The lowest BCUT2D eigenvalue weighted by atomic mass is 9.95. The fourth-order valence-electron chi connectivity index (χ4n) is 3.66. The van der Waals surface area contributed by atoms with Gasteiger partial charge < -0.3 is 24.2 Å². The summed E-state index contributed by atoms with van der Waals surface area (Å²) >= 11 is 0. The fourth-order valence-corrected chi connectivity index (χ4v) is 3.66. The van der Waals surface area contributed by atoms with E-state index in [0.717, 1.165) is 45.4 Å². The highest BCUT2D eigenvalue weighted by Crippen LogP contribution is 2.36. The number of aromatic amines is 1. The van der Waals surface area contributed by atoms with Crippen LogP contribution in [0.5, 0.6) is 11.5 Å². The second-order valence-corrected chi connectivity index (χ2v) is 7.41. The van der Waals surface area contributed by atoms with Gasteiger partial charge in [-0.2, -0.15) is 0 Å². The van der Waals surface area contributed by atoms with E-state index in [1.807, 2.05) is 24.3 Å². The van der Waals surface area contributed by atoms with Gasteiger partial charge in [-0.05, 0) is 41.8 Å². The van der Waals surface area contributed by atoms with Crippen LogP contribution < -0.4 is 14.8 Å². The molecule has 0 fully saturated rings. The highest BCUT2D eigenvalue weighted by Gasteiger charge is 2.21. The molecule has 4 heterocycles. The van der Waals surface area contributed by atoms with E-state index in [2.05, 4.69) is 46.2 Å². The molecular weight excluding hydrogens is 368 g/mol. The standard InChI is InChI=1S/C22H22N4O3/c1-13(2)20(14-5-6-18-19(10-14)29-9-8-28-18)26-22-15-11-16(17-4-3-7-27-17)25-21(15)23-12-24-22/h3-7,10-13,20H,8-9H2,1-2H3,(H2,23,24,25,26)/t20-/m1/s1. The van der Waals surface area contributed by atoms with E-state index in [4.69, 9.17) is 13.9 Å². The van der Waals surface area contributed by atoms with Crippen LogP contribution in [0.2, 0.25) is 0 Å². The van der Waals surface area contributed by atoms with Gasteiger partial charge in [0.05, 0.1) is 23.4 Å². The molecule has 5 rings (SSSR count). The lowest BCUT2D eigenvalue weighted by Crippen LogP contribution is -2.19. The van der Waals surface area contributed by atoms with Crippen molar-refractivity contribution < 1.29 is 13.9 Å². The van der Waals surface area contributed by atoms with Crippen molar-refractivity contribution in [2.75, 3.05) is 18.5 Å². The Morgan fingerprint density at radius 1 is 1.03 bits per heavy atom. The zero-order valence-corrected chi connectivity index (χ0v) is 16.3. The quantitative estimate of drug-likeness (QED) is 0.509. The van der Waals surface area contributed by atoms with Crippen molar-refractivity contribution in [3.8, 4) is 23.0 Å². The number of hydrogen-bond acceptors (Lipinski definition) is 6. The molecule has 0 bridgehead atoms. The van der Waals surface area contributed by atoms with E-state index in [-0.39, 0.29) is 6.04 Å². The Hall–Kier alpha value is -3.48. The third-order valence-electron chi connectivity index (χ3n) is 5.10. The van der Waals surface area contributed by atoms with Gasteiger partial charge in [-0.1, -0.05) is 19.9 Å². The third-order valence-corrected chi connectivity index (χ3v) is 5.10. The topological polar surface area (TPSA) is 85.2 Å². The molecule has 0 amide bonds. The number of nitrogens with zero attached hydrogens (tertiary/aromatic N) is 2. The van der Waals surface area contributed by atoms with Crippen LogP contribution in [0.4, 0.5) is 5.82 Å². The minimum atomic E-state index is 0.0471. The molecule has 1 aliphatic rings. The van der Waals surface area contributed by atoms with Crippen LogP contribution in [0.3, 0.4) is 0 Å². The van der Waals surface area contributed by atoms with Crippen LogP contribution in [0.1, 0.15) is 25.5 Å². The van der Waals surface area contributed by atoms with Crippen LogP contribution in [0.15, 0.2) is 53.4 Å². The average Bonchev–Trinajstić information content (AvgIpc) is 3.41. The lowest BCUT2D eigenvalue weighted by molar-refractivity contribution is 0.171. The summed E-state index contributed by atoms with van der Waals surface area (Å²) in [6.45, 7) is 5.51. The SMILES string of the molecule is CC(C)[C@@H](Nc1ncnc2[nH]c(-c3ccco3)cc12)c1ccc2c(c1)OCCO2. The molecule has 4 aromatic rings. The average molecular weight is 390 g/mol. The van der Waals surface area contributed by atoms with E-state index in [9.17, 15) is 0 Å². The molecule has 1 atom stereocenters. The summed E-state index contributed by atoms with van der Waals surface area (Å²) in [5.74, 6) is 3.45. The van der Waals surface area contributed by atoms with Gasteiger partial charge in [-0.15, -0.1) is 0 Å². The summed E-state index contributed by atoms with van der Waals surface area (Å²) in [6.07, 6.45) is 3.22. The van der Waals surface area contributed by atoms with Crippen LogP contribution in [-0.2, 0) is 0 Å². The number of anilines is 1. The summed E-state index contributed by atoms with van der Waals surface area (Å²) in [5.41, 5.74) is 2.75. The number of fused-ring (bicyclic) bond motifs is 2. The van der Waals surface area contributed by atoms with Crippen LogP contribution in [0, 0.1) is 5.92 Å². The van der Waals surface area contributed by atoms with Gasteiger partial charge in [0.15, 0.2) is 11.5 Å². The minimum Gasteiger partial charge on any atom is -0.486 e. The summed E-state index contributed by atoms with van der Waals surface area (Å²) in [4.78, 5) is 12.2. The highest BCUT2D eigenvalue weighted by atomic mass is 16.6. The Morgan fingerprint density at radius 3 is 2.69 bits per heavy atom. The van der Waals surface area contributed by atoms with Gasteiger partial charge in [0.25, 0.3) is 0 Å². The van der Waals surface area contributed by atoms with Crippen molar-refractivity contribution in [3.63, 3.8) is 0 Å². The van der Waals surface area contributed by atoms with Crippen LogP contribution in [-0.4, -0.2) is 28.2 Å². The molecule has 2 N–H and O–H groups in total. The van der Waals surface area contributed by atoms with Crippen molar-refractivity contribution in [3.05, 3.63) is 54.6 Å². The number of rotatable bonds is 5. The van der Waals surface area contributed by atoms with Crippen molar-refractivity contribution in [1.82, 2.24) is 15.0 Å². The van der Waals surface area contributed by atoms with E-state index in [0.29, 0.717) is 19.1 Å². The molecule has 0 unspecified atom stereocenters. The van der Waals surface area contributed by atoms with Crippen molar-refractivity contribution in [1.29, 1.82) is 0 Å². The maximum Gasteiger partial charge on any atom is 0.161 e.